The predicted octanol–water partition coefficient (Wildman–Crippen LogP) is 2.84. The summed E-state index contributed by atoms with van der Waals surface area (Å²) in [6, 6.07) is 6.86. The standard InChI is InChI=1S/C13H18FN/c1-10-3-2-8-13(10,9-15)11-4-6-12(14)7-5-11/h4-7,10H,2-3,8-9,15H2,1H3. The minimum atomic E-state index is -0.170. The lowest BCUT2D eigenvalue weighted by molar-refractivity contribution is 0.345. The van der Waals surface area contributed by atoms with E-state index < -0.39 is 0 Å². The number of nitrogens with two attached hydrogens (primary N) is 1. The SMILES string of the molecule is CC1CCCC1(CN)c1ccc(F)cc1. The molecule has 0 amide bonds. The quantitative estimate of drug-likeness (QED) is 0.793. The van der Waals surface area contributed by atoms with Crippen molar-refractivity contribution in [2.75, 3.05) is 6.54 Å². The van der Waals surface area contributed by atoms with E-state index in [1.807, 2.05) is 12.1 Å². The van der Waals surface area contributed by atoms with Gasteiger partial charge in [0, 0.05) is 12.0 Å². The van der Waals surface area contributed by atoms with Gasteiger partial charge in [-0.25, -0.2) is 4.39 Å². The molecule has 1 aromatic carbocycles. The number of rotatable bonds is 2. The second-order valence-corrected chi connectivity index (χ2v) is 4.66. The third kappa shape index (κ3) is 1.67. The van der Waals surface area contributed by atoms with Gasteiger partial charge in [0.25, 0.3) is 0 Å². The van der Waals surface area contributed by atoms with Crippen LogP contribution >= 0.6 is 0 Å². The average molecular weight is 207 g/mol. The molecule has 2 atom stereocenters. The van der Waals surface area contributed by atoms with E-state index in [0.717, 1.165) is 6.42 Å². The topological polar surface area (TPSA) is 26.0 Å². The molecule has 2 rings (SSSR count). The van der Waals surface area contributed by atoms with Crippen LogP contribution in [0.1, 0.15) is 31.7 Å². The van der Waals surface area contributed by atoms with Crippen molar-refractivity contribution in [3.8, 4) is 0 Å². The molecule has 15 heavy (non-hydrogen) atoms. The van der Waals surface area contributed by atoms with Crippen molar-refractivity contribution in [1.29, 1.82) is 0 Å². The normalized spacial score (nSPS) is 30.7. The highest BCUT2D eigenvalue weighted by atomic mass is 19.1. The van der Waals surface area contributed by atoms with Gasteiger partial charge in [-0.2, -0.15) is 0 Å². The Kier molecular flexibility index (Phi) is 2.79. The van der Waals surface area contributed by atoms with Crippen molar-refractivity contribution < 1.29 is 4.39 Å². The zero-order chi connectivity index (χ0) is 10.9. The molecule has 2 heteroatoms. The summed E-state index contributed by atoms with van der Waals surface area (Å²) in [6.07, 6.45) is 3.60. The van der Waals surface area contributed by atoms with E-state index in [9.17, 15) is 4.39 Å². The third-order valence-electron chi connectivity index (χ3n) is 3.99. The van der Waals surface area contributed by atoms with Gasteiger partial charge >= 0.3 is 0 Å². The lowest BCUT2D eigenvalue weighted by Gasteiger charge is -2.33. The van der Waals surface area contributed by atoms with Crippen molar-refractivity contribution >= 4 is 0 Å². The summed E-state index contributed by atoms with van der Waals surface area (Å²) in [7, 11) is 0. The molecule has 1 nitrogen and oxygen atoms in total. The number of hydrogen-bond donors (Lipinski definition) is 1. The molecule has 0 saturated heterocycles. The fourth-order valence-corrected chi connectivity index (χ4v) is 2.88. The van der Waals surface area contributed by atoms with Crippen LogP contribution in [0.3, 0.4) is 0 Å². The van der Waals surface area contributed by atoms with E-state index in [1.54, 1.807) is 0 Å². The summed E-state index contributed by atoms with van der Waals surface area (Å²) < 4.78 is 12.9. The van der Waals surface area contributed by atoms with Gasteiger partial charge in [-0.15, -0.1) is 0 Å². The molecule has 0 spiro atoms. The molecule has 1 saturated carbocycles. The van der Waals surface area contributed by atoms with Crippen LogP contribution in [0.25, 0.3) is 0 Å². The van der Waals surface area contributed by atoms with Crippen molar-refractivity contribution in [2.45, 2.75) is 31.6 Å². The average Bonchev–Trinajstić information content (AvgIpc) is 2.62. The molecule has 0 bridgehead atoms. The molecule has 1 aromatic rings. The highest BCUT2D eigenvalue weighted by Crippen LogP contribution is 2.44. The second kappa shape index (κ2) is 3.93. The lowest BCUT2D eigenvalue weighted by Crippen LogP contribution is -2.37. The van der Waals surface area contributed by atoms with Crippen LogP contribution in [0.2, 0.25) is 0 Å². The molecule has 2 unspecified atom stereocenters. The highest BCUT2D eigenvalue weighted by Gasteiger charge is 2.40. The maximum absolute atomic E-state index is 12.9. The van der Waals surface area contributed by atoms with E-state index in [0.29, 0.717) is 12.5 Å². The Morgan fingerprint density at radius 1 is 1.40 bits per heavy atom. The molecule has 1 fully saturated rings. The first-order chi connectivity index (χ1) is 7.19. The van der Waals surface area contributed by atoms with Gasteiger partial charge in [-0.1, -0.05) is 25.5 Å². The Hall–Kier alpha value is -0.890. The Morgan fingerprint density at radius 2 is 2.07 bits per heavy atom. The van der Waals surface area contributed by atoms with Gasteiger partial charge < -0.3 is 5.73 Å². The van der Waals surface area contributed by atoms with Crippen LogP contribution in [-0.4, -0.2) is 6.54 Å². The molecule has 1 aliphatic rings. The van der Waals surface area contributed by atoms with Crippen LogP contribution in [0.5, 0.6) is 0 Å². The third-order valence-corrected chi connectivity index (χ3v) is 3.99. The van der Waals surface area contributed by atoms with E-state index in [2.05, 4.69) is 6.92 Å². The van der Waals surface area contributed by atoms with E-state index >= 15 is 0 Å². The van der Waals surface area contributed by atoms with Gasteiger partial charge in [-0.3, -0.25) is 0 Å². The Bertz CT molecular complexity index is 333. The Labute approximate surface area is 90.5 Å². The van der Waals surface area contributed by atoms with Crippen molar-refractivity contribution in [2.24, 2.45) is 11.7 Å². The summed E-state index contributed by atoms with van der Waals surface area (Å²) >= 11 is 0. The van der Waals surface area contributed by atoms with Crippen LogP contribution < -0.4 is 5.73 Å². The molecule has 0 aliphatic heterocycles. The minimum Gasteiger partial charge on any atom is -0.330 e. The lowest BCUT2D eigenvalue weighted by atomic mass is 9.73. The maximum atomic E-state index is 12.9. The molecule has 0 aromatic heterocycles. The van der Waals surface area contributed by atoms with Crippen molar-refractivity contribution in [1.82, 2.24) is 0 Å². The van der Waals surface area contributed by atoms with E-state index in [-0.39, 0.29) is 11.2 Å². The zero-order valence-corrected chi connectivity index (χ0v) is 9.17. The summed E-state index contributed by atoms with van der Waals surface area (Å²) in [5.41, 5.74) is 7.23. The molecule has 2 N–H and O–H groups in total. The van der Waals surface area contributed by atoms with Gasteiger partial charge in [0.2, 0.25) is 0 Å². The largest absolute Gasteiger partial charge is 0.330 e. The molecule has 82 valence electrons. The van der Waals surface area contributed by atoms with E-state index in [1.165, 1.54) is 30.5 Å². The Balaban J connectivity index is 2.37. The fraction of sp³-hybridized carbons (Fsp3) is 0.538. The van der Waals surface area contributed by atoms with Gasteiger partial charge in [-0.05, 0) is 36.5 Å². The number of hydrogen-bond acceptors (Lipinski definition) is 1. The van der Waals surface area contributed by atoms with Crippen LogP contribution in [0.15, 0.2) is 24.3 Å². The van der Waals surface area contributed by atoms with Crippen LogP contribution in [0.4, 0.5) is 4.39 Å². The summed E-state index contributed by atoms with van der Waals surface area (Å²) in [4.78, 5) is 0. The van der Waals surface area contributed by atoms with E-state index in [4.69, 9.17) is 5.73 Å². The summed E-state index contributed by atoms with van der Waals surface area (Å²) in [5, 5.41) is 0. The van der Waals surface area contributed by atoms with Crippen molar-refractivity contribution in [3.63, 3.8) is 0 Å². The van der Waals surface area contributed by atoms with Crippen LogP contribution in [-0.2, 0) is 5.41 Å². The van der Waals surface area contributed by atoms with Gasteiger partial charge in [0.05, 0.1) is 0 Å². The molecular formula is C13H18FN. The molecular weight excluding hydrogens is 189 g/mol. The first-order valence-corrected chi connectivity index (χ1v) is 5.65. The minimum absolute atomic E-state index is 0.0910. The van der Waals surface area contributed by atoms with Gasteiger partial charge in [0.1, 0.15) is 5.82 Å². The highest BCUT2D eigenvalue weighted by molar-refractivity contribution is 5.28. The summed E-state index contributed by atoms with van der Waals surface area (Å²) in [6.45, 7) is 2.92. The van der Waals surface area contributed by atoms with Crippen molar-refractivity contribution in [3.05, 3.63) is 35.6 Å². The second-order valence-electron chi connectivity index (χ2n) is 4.66. The molecule has 0 heterocycles. The molecule has 0 radical (unpaired) electrons. The maximum Gasteiger partial charge on any atom is 0.123 e. The predicted molar refractivity (Wildman–Crippen MR) is 60.1 cm³/mol. The number of halogens is 1. The Morgan fingerprint density at radius 3 is 2.53 bits per heavy atom. The smallest absolute Gasteiger partial charge is 0.123 e. The summed E-state index contributed by atoms with van der Waals surface area (Å²) in [5.74, 6) is 0.435. The monoisotopic (exact) mass is 207 g/mol. The fourth-order valence-electron chi connectivity index (χ4n) is 2.88. The first kappa shape index (κ1) is 10.6. The zero-order valence-electron chi connectivity index (χ0n) is 9.17. The van der Waals surface area contributed by atoms with Gasteiger partial charge in [0.15, 0.2) is 0 Å². The molecule has 1 aliphatic carbocycles. The number of benzene rings is 1. The van der Waals surface area contributed by atoms with Crippen LogP contribution in [0, 0.1) is 11.7 Å². The first-order valence-electron chi connectivity index (χ1n) is 5.65.